The van der Waals surface area contributed by atoms with Crippen LogP contribution in [0.25, 0.3) is 0 Å². The topological polar surface area (TPSA) is 62.5 Å². The average molecular weight is 287 g/mol. The van der Waals surface area contributed by atoms with Crippen LogP contribution in [0.3, 0.4) is 0 Å². The second kappa shape index (κ2) is 5.95. The van der Waals surface area contributed by atoms with Crippen molar-refractivity contribution in [3.05, 3.63) is 23.8 Å². The van der Waals surface area contributed by atoms with Crippen LogP contribution >= 0.6 is 0 Å². The van der Waals surface area contributed by atoms with Gasteiger partial charge in [0.1, 0.15) is 0 Å². The van der Waals surface area contributed by atoms with Crippen LogP contribution in [0.15, 0.2) is 18.2 Å². The molecule has 0 aromatic heterocycles. The molecular weight excluding hydrogens is 266 g/mol. The first-order valence-corrected chi connectivity index (χ1v) is 7.74. The van der Waals surface area contributed by atoms with Gasteiger partial charge in [0, 0.05) is 6.42 Å². The Morgan fingerprint density at radius 1 is 1.05 bits per heavy atom. The first-order chi connectivity index (χ1) is 10.2. The summed E-state index contributed by atoms with van der Waals surface area (Å²) in [5.74, 6) is 1.39. The molecule has 0 radical (unpaired) electrons. The number of hydrogen-bond acceptors (Lipinski definition) is 4. The Hall–Kier alpha value is -1.73. The van der Waals surface area contributed by atoms with E-state index in [2.05, 4.69) is 6.07 Å². The van der Waals surface area contributed by atoms with Crippen molar-refractivity contribution in [3.63, 3.8) is 0 Å². The Morgan fingerprint density at radius 2 is 1.76 bits per heavy atom. The van der Waals surface area contributed by atoms with E-state index in [0.717, 1.165) is 49.8 Å². The summed E-state index contributed by atoms with van der Waals surface area (Å²) in [6.07, 6.45) is 4.79. The molecule has 1 aliphatic carbocycles. The lowest BCUT2D eigenvalue weighted by molar-refractivity contribution is 0.0358. The van der Waals surface area contributed by atoms with Crippen molar-refractivity contribution < 1.29 is 14.6 Å². The highest BCUT2D eigenvalue weighted by atomic mass is 16.5. The van der Waals surface area contributed by atoms with E-state index in [1.165, 1.54) is 0 Å². The second-order valence-electron chi connectivity index (χ2n) is 5.99. The monoisotopic (exact) mass is 287 g/mol. The van der Waals surface area contributed by atoms with Crippen molar-refractivity contribution in [2.45, 2.75) is 44.6 Å². The summed E-state index contributed by atoms with van der Waals surface area (Å²) in [4.78, 5) is 0. The summed E-state index contributed by atoms with van der Waals surface area (Å²) >= 11 is 0. The number of hydrogen-bond donors (Lipinski definition) is 1. The molecular formula is C17H21NO3. The molecule has 1 unspecified atom stereocenters. The normalized spacial score (nSPS) is 21.9. The number of aliphatic hydroxyl groups excluding tert-OH is 1. The van der Waals surface area contributed by atoms with Gasteiger partial charge >= 0.3 is 0 Å². The Labute approximate surface area is 125 Å². The molecule has 1 N–H and O–H groups in total. The molecule has 3 rings (SSSR count). The molecule has 1 atom stereocenters. The molecule has 4 nitrogen and oxygen atoms in total. The Balaban J connectivity index is 1.89. The maximum atomic E-state index is 10.7. The zero-order valence-electron chi connectivity index (χ0n) is 12.2. The first kappa shape index (κ1) is 14.2. The number of nitrogens with zero attached hydrogens (tertiary/aromatic N) is 1. The van der Waals surface area contributed by atoms with E-state index in [-0.39, 0.29) is 0 Å². The summed E-state index contributed by atoms with van der Waals surface area (Å²) in [6.45, 7) is 1.27. The number of nitriles is 1. The largest absolute Gasteiger partial charge is 0.490 e. The van der Waals surface area contributed by atoms with Crippen LogP contribution in [-0.2, 0) is 0 Å². The van der Waals surface area contributed by atoms with E-state index in [1.807, 2.05) is 18.2 Å². The fourth-order valence-corrected chi connectivity index (χ4v) is 3.30. The molecule has 2 aliphatic rings. The molecule has 0 spiro atoms. The molecule has 1 fully saturated rings. The van der Waals surface area contributed by atoms with Crippen LogP contribution in [0.1, 0.15) is 50.2 Å². The average Bonchev–Trinajstić information content (AvgIpc) is 2.79. The SMILES string of the molecule is N#CC1(C(O)c2ccc3c(c2)OCCCO3)CCCCC1. The highest BCUT2D eigenvalue weighted by Gasteiger charge is 2.40. The summed E-state index contributed by atoms with van der Waals surface area (Å²) in [5.41, 5.74) is 0.0978. The summed E-state index contributed by atoms with van der Waals surface area (Å²) in [5, 5.41) is 20.3. The molecule has 112 valence electrons. The van der Waals surface area contributed by atoms with Gasteiger partial charge < -0.3 is 14.6 Å². The van der Waals surface area contributed by atoms with Gasteiger partial charge in [-0.2, -0.15) is 5.26 Å². The maximum absolute atomic E-state index is 10.7. The summed E-state index contributed by atoms with van der Waals surface area (Å²) < 4.78 is 11.3. The van der Waals surface area contributed by atoms with Crippen LogP contribution in [0.4, 0.5) is 0 Å². The highest BCUT2D eigenvalue weighted by Crippen LogP contribution is 2.46. The third-order valence-electron chi connectivity index (χ3n) is 4.58. The van der Waals surface area contributed by atoms with E-state index >= 15 is 0 Å². The van der Waals surface area contributed by atoms with Gasteiger partial charge in [-0.1, -0.05) is 25.3 Å². The Bertz CT molecular complexity index is 543. The number of benzene rings is 1. The predicted octanol–water partition coefficient (Wildman–Crippen LogP) is 3.36. The standard InChI is InChI=1S/C17H21NO3/c18-12-17(7-2-1-3-8-17)16(19)13-5-6-14-15(11-13)21-10-4-9-20-14/h5-6,11,16,19H,1-4,7-10H2. The van der Waals surface area contributed by atoms with Crippen molar-refractivity contribution in [2.75, 3.05) is 13.2 Å². The lowest BCUT2D eigenvalue weighted by Crippen LogP contribution is -2.30. The second-order valence-corrected chi connectivity index (χ2v) is 5.99. The highest BCUT2D eigenvalue weighted by molar-refractivity contribution is 5.44. The van der Waals surface area contributed by atoms with Gasteiger partial charge in [-0.3, -0.25) is 0 Å². The lowest BCUT2D eigenvalue weighted by Gasteiger charge is -2.35. The molecule has 0 amide bonds. The first-order valence-electron chi connectivity index (χ1n) is 7.74. The van der Waals surface area contributed by atoms with Crippen LogP contribution in [-0.4, -0.2) is 18.3 Å². The quantitative estimate of drug-likeness (QED) is 0.906. The van der Waals surface area contributed by atoms with Gasteiger partial charge in [0.25, 0.3) is 0 Å². The molecule has 21 heavy (non-hydrogen) atoms. The van der Waals surface area contributed by atoms with E-state index in [4.69, 9.17) is 9.47 Å². The third-order valence-corrected chi connectivity index (χ3v) is 4.58. The van der Waals surface area contributed by atoms with E-state index in [1.54, 1.807) is 0 Å². The molecule has 1 heterocycles. The van der Waals surface area contributed by atoms with Crippen molar-refractivity contribution >= 4 is 0 Å². The minimum atomic E-state index is -0.764. The van der Waals surface area contributed by atoms with E-state index in [0.29, 0.717) is 19.0 Å². The van der Waals surface area contributed by atoms with Crippen molar-refractivity contribution in [2.24, 2.45) is 5.41 Å². The fourth-order valence-electron chi connectivity index (χ4n) is 3.30. The fraction of sp³-hybridized carbons (Fsp3) is 0.588. The third kappa shape index (κ3) is 2.71. The maximum Gasteiger partial charge on any atom is 0.161 e. The van der Waals surface area contributed by atoms with Crippen molar-refractivity contribution in [1.82, 2.24) is 0 Å². The Kier molecular flexibility index (Phi) is 4.03. The van der Waals surface area contributed by atoms with Gasteiger partial charge in [0.05, 0.1) is 30.8 Å². The summed E-state index contributed by atoms with van der Waals surface area (Å²) in [7, 11) is 0. The van der Waals surface area contributed by atoms with Gasteiger partial charge in [-0.05, 0) is 30.5 Å². The number of aliphatic hydroxyl groups is 1. The summed E-state index contributed by atoms with van der Waals surface area (Å²) in [6, 6.07) is 7.91. The van der Waals surface area contributed by atoms with Crippen molar-refractivity contribution in [3.8, 4) is 17.6 Å². The molecule has 1 aliphatic heterocycles. The van der Waals surface area contributed by atoms with E-state index < -0.39 is 11.5 Å². The smallest absolute Gasteiger partial charge is 0.161 e. The lowest BCUT2D eigenvalue weighted by atomic mass is 9.69. The van der Waals surface area contributed by atoms with Crippen LogP contribution < -0.4 is 9.47 Å². The number of fused-ring (bicyclic) bond motifs is 1. The molecule has 0 bridgehead atoms. The molecule has 0 saturated heterocycles. The Morgan fingerprint density at radius 3 is 2.48 bits per heavy atom. The minimum absolute atomic E-state index is 0.621. The van der Waals surface area contributed by atoms with Crippen LogP contribution in [0.2, 0.25) is 0 Å². The molecule has 4 heteroatoms. The zero-order valence-corrected chi connectivity index (χ0v) is 12.2. The molecule has 1 saturated carbocycles. The van der Waals surface area contributed by atoms with Gasteiger partial charge in [-0.15, -0.1) is 0 Å². The minimum Gasteiger partial charge on any atom is -0.490 e. The molecule has 1 aromatic carbocycles. The van der Waals surface area contributed by atoms with Gasteiger partial charge in [0.2, 0.25) is 0 Å². The van der Waals surface area contributed by atoms with Crippen LogP contribution in [0.5, 0.6) is 11.5 Å². The predicted molar refractivity (Wildman–Crippen MR) is 78.1 cm³/mol. The van der Waals surface area contributed by atoms with Gasteiger partial charge in [-0.25, -0.2) is 0 Å². The van der Waals surface area contributed by atoms with Crippen LogP contribution in [0, 0.1) is 16.7 Å². The van der Waals surface area contributed by atoms with Gasteiger partial charge in [0.15, 0.2) is 11.5 Å². The number of rotatable bonds is 2. The number of ether oxygens (including phenoxy) is 2. The molecule has 1 aromatic rings. The van der Waals surface area contributed by atoms with Crippen molar-refractivity contribution in [1.29, 1.82) is 5.26 Å². The van der Waals surface area contributed by atoms with E-state index in [9.17, 15) is 10.4 Å². The zero-order chi connectivity index (χ0) is 14.7.